The van der Waals surface area contributed by atoms with Crippen molar-refractivity contribution in [1.29, 1.82) is 0 Å². The van der Waals surface area contributed by atoms with E-state index in [0.29, 0.717) is 27.6 Å². The summed E-state index contributed by atoms with van der Waals surface area (Å²) in [5.41, 5.74) is 0.340. The average molecular weight is 374 g/mol. The first kappa shape index (κ1) is 16.0. The van der Waals surface area contributed by atoms with Gasteiger partial charge in [0.25, 0.3) is 0 Å². The molecule has 2 aromatic rings. The van der Waals surface area contributed by atoms with Gasteiger partial charge in [0.15, 0.2) is 11.0 Å². The highest BCUT2D eigenvalue weighted by Gasteiger charge is 2.18. The number of carboxylic acid groups (broad SMARTS) is 1. The number of aromatic nitrogens is 3. The molecule has 0 saturated heterocycles. The van der Waals surface area contributed by atoms with Crippen molar-refractivity contribution in [3.63, 3.8) is 0 Å². The van der Waals surface area contributed by atoms with Crippen LogP contribution in [0.5, 0.6) is 0 Å². The maximum absolute atomic E-state index is 14.2. The van der Waals surface area contributed by atoms with Gasteiger partial charge in [-0.1, -0.05) is 24.8 Å². The molecular weight excluding hydrogens is 361 g/mol. The van der Waals surface area contributed by atoms with Crippen LogP contribution in [0.4, 0.5) is 4.39 Å². The number of carbonyl (C=O) groups is 1. The summed E-state index contributed by atoms with van der Waals surface area (Å²) in [4.78, 5) is 10.7. The molecule has 0 saturated carbocycles. The predicted molar refractivity (Wildman–Crippen MR) is 81.8 cm³/mol. The second-order valence-corrected chi connectivity index (χ2v) is 6.04. The van der Waals surface area contributed by atoms with E-state index in [4.69, 9.17) is 5.11 Å². The molecule has 21 heavy (non-hydrogen) atoms. The molecule has 8 heteroatoms. The van der Waals surface area contributed by atoms with E-state index < -0.39 is 11.8 Å². The molecule has 0 unspecified atom stereocenters. The van der Waals surface area contributed by atoms with Crippen LogP contribution in [0.3, 0.4) is 0 Å². The van der Waals surface area contributed by atoms with Crippen molar-refractivity contribution in [2.75, 3.05) is 5.75 Å². The zero-order valence-corrected chi connectivity index (χ0v) is 13.6. The topological polar surface area (TPSA) is 68.0 Å². The lowest BCUT2D eigenvalue weighted by atomic mass is 10.2. The molecule has 2 rings (SSSR count). The summed E-state index contributed by atoms with van der Waals surface area (Å²) in [6.45, 7) is 2.57. The smallest absolute Gasteiger partial charge is 0.313 e. The number of halogens is 2. The van der Waals surface area contributed by atoms with Crippen LogP contribution in [-0.2, 0) is 11.3 Å². The summed E-state index contributed by atoms with van der Waals surface area (Å²) in [5, 5.41) is 17.2. The van der Waals surface area contributed by atoms with E-state index >= 15 is 0 Å². The molecule has 5 nitrogen and oxygen atoms in total. The van der Waals surface area contributed by atoms with Gasteiger partial charge < -0.3 is 9.67 Å². The summed E-state index contributed by atoms with van der Waals surface area (Å²) in [6.07, 6.45) is 0.807. The number of rotatable bonds is 6. The minimum absolute atomic E-state index is 0.108. The van der Waals surface area contributed by atoms with Gasteiger partial charge in [-0.25, -0.2) is 4.39 Å². The summed E-state index contributed by atoms with van der Waals surface area (Å²) >= 11 is 4.22. The van der Waals surface area contributed by atoms with E-state index in [9.17, 15) is 9.18 Å². The standard InChI is InChI=1S/C13H13BrFN3O2S/c1-2-6-18-12(8-4-3-5-9(14)11(8)15)16-17-13(18)21-7-10(19)20/h3-5H,2,6-7H2,1H3,(H,19,20). The molecule has 112 valence electrons. The molecule has 0 radical (unpaired) electrons. The van der Waals surface area contributed by atoms with Crippen molar-refractivity contribution in [1.82, 2.24) is 14.8 Å². The molecular formula is C13H13BrFN3O2S. The highest BCUT2D eigenvalue weighted by molar-refractivity contribution is 9.10. The molecule has 0 aliphatic heterocycles. The fraction of sp³-hybridized carbons (Fsp3) is 0.308. The van der Waals surface area contributed by atoms with Crippen molar-refractivity contribution < 1.29 is 14.3 Å². The highest BCUT2D eigenvalue weighted by Crippen LogP contribution is 2.29. The lowest BCUT2D eigenvalue weighted by Crippen LogP contribution is -2.05. The van der Waals surface area contributed by atoms with Gasteiger partial charge in [-0.2, -0.15) is 0 Å². The van der Waals surface area contributed by atoms with Gasteiger partial charge in [-0.15, -0.1) is 10.2 Å². The van der Waals surface area contributed by atoms with Gasteiger partial charge in [0.1, 0.15) is 5.82 Å². The second-order valence-electron chi connectivity index (χ2n) is 4.24. The maximum Gasteiger partial charge on any atom is 0.313 e. The SMILES string of the molecule is CCCn1c(SCC(=O)O)nnc1-c1cccc(Br)c1F. The fourth-order valence-electron chi connectivity index (χ4n) is 1.82. The maximum atomic E-state index is 14.2. The summed E-state index contributed by atoms with van der Waals surface area (Å²) in [7, 11) is 0. The van der Waals surface area contributed by atoms with E-state index in [-0.39, 0.29) is 5.75 Å². The van der Waals surface area contributed by atoms with Crippen LogP contribution in [0, 0.1) is 5.82 Å². The Bertz CT molecular complexity index is 663. The van der Waals surface area contributed by atoms with Gasteiger partial charge >= 0.3 is 5.97 Å². The predicted octanol–water partition coefficient (Wildman–Crippen LogP) is 3.43. The van der Waals surface area contributed by atoms with Gasteiger partial charge in [0.2, 0.25) is 0 Å². The molecule has 0 atom stereocenters. The minimum atomic E-state index is -0.929. The molecule has 1 N–H and O–H groups in total. The number of carboxylic acids is 1. The van der Waals surface area contributed by atoms with Gasteiger partial charge in [0, 0.05) is 6.54 Å². The van der Waals surface area contributed by atoms with Crippen molar-refractivity contribution in [3.8, 4) is 11.4 Å². The Labute approximate surface area is 133 Å². The van der Waals surface area contributed by atoms with Crippen LogP contribution in [-0.4, -0.2) is 31.6 Å². The molecule has 0 aliphatic carbocycles. The molecule has 1 aromatic carbocycles. The quantitative estimate of drug-likeness (QED) is 0.785. The summed E-state index contributed by atoms with van der Waals surface area (Å²) < 4.78 is 16.3. The Morgan fingerprint density at radius 3 is 2.90 bits per heavy atom. The van der Waals surface area contributed by atoms with E-state index in [0.717, 1.165) is 18.2 Å². The lowest BCUT2D eigenvalue weighted by molar-refractivity contribution is -0.133. The third-order valence-electron chi connectivity index (χ3n) is 2.68. The Morgan fingerprint density at radius 1 is 1.48 bits per heavy atom. The Kier molecular flexibility index (Phi) is 5.35. The molecule has 0 fully saturated rings. The molecule has 1 aromatic heterocycles. The number of thioether (sulfide) groups is 1. The largest absolute Gasteiger partial charge is 0.481 e. The van der Waals surface area contributed by atoms with E-state index in [1.165, 1.54) is 0 Å². The van der Waals surface area contributed by atoms with Crippen molar-refractivity contribution in [3.05, 3.63) is 28.5 Å². The molecule has 0 aliphatic rings. The molecule has 1 heterocycles. The van der Waals surface area contributed by atoms with Crippen molar-refractivity contribution in [2.45, 2.75) is 25.0 Å². The summed E-state index contributed by atoms with van der Waals surface area (Å²) in [6, 6.07) is 4.96. The normalized spacial score (nSPS) is 10.8. The zero-order valence-electron chi connectivity index (χ0n) is 11.2. The zero-order chi connectivity index (χ0) is 15.4. The Balaban J connectivity index is 2.43. The number of hydrogen-bond donors (Lipinski definition) is 1. The molecule has 0 amide bonds. The Hall–Kier alpha value is -1.41. The van der Waals surface area contributed by atoms with Gasteiger partial charge in [-0.3, -0.25) is 4.79 Å². The summed E-state index contributed by atoms with van der Waals surface area (Å²) in [5.74, 6) is -1.04. The van der Waals surface area contributed by atoms with E-state index in [1.54, 1.807) is 22.8 Å². The number of aliphatic carboxylic acids is 1. The van der Waals surface area contributed by atoms with E-state index in [2.05, 4.69) is 26.1 Å². The highest BCUT2D eigenvalue weighted by atomic mass is 79.9. The lowest BCUT2D eigenvalue weighted by Gasteiger charge is -2.09. The van der Waals surface area contributed by atoms with Crippen LogP contribution in [0.15, 0.2) is 27.8 Å². The van der Waals surface area contributed by atoms with Crippen LogP contribution in [0.1, 0.15) is 13.3 Å². The minimum Gasteiger partial charge on any atom is -0.481 e. The third-order valence-corrected chi connectivity index (χ3v) is 4.25. The number of hydrogen-bond acceptors (Lipinski definition) is 4. The van der Waals surface area contributed by atoms with Gasteiger partial charge in [-0.05, 0) is 34.5 Å². The monoisotopic (exact) mass is 373 g/mol. The fourth-order valence-corrected chi connectivity index (χ4v) is 2.87. The van der Waals surface area contributed by atoms with Crippen LogP contribution >= 0.6 is 27.7 Å². The van der Waals surface area contributed by atoms with Gasteiger partial charge in [0.05, 0.1) is 15.8 Å². The van der Waals surface area contributed by atoms with Crippen molar-refractivity contribution >= 4 is 33.7 Å². The van der Waals surface area contributed by atoms with Crippen LogP contribution in [0.2, 0.25) is 0 Å². The average Bonchev–Trinajstić information content (AvgIpc) is 2.83. The Morgan fingerprint density at radius 2 is 2.24 bits per heavy atom. The molecule has 0 bridgehead atoms. The van der Waals surface area contributed by atoms with Crippen LogP contribution in [0.25, 0.3) is 11.4 Å². The molecule has 0 spiro atoms. The number of nitrogens with zero attached hydrogens (tertiary/aromatic N) is 3. The first-order chi connectivity index (χ1) is 10.0. The number of benzene rings is 1. The van der Waals surface area contributed by atoms with Crippen molar-refractivity contribution in [2.24, 2.45) is 0 Å². The second kappa shape index (κ2) is 7.04. The first-order valence-corrected chi connectivity index (χ1v) is 8.04. The van der Waals surface area contributed by atoms with Crippen LogP contribution < -0.4 is 0 Å². The van der Waals surface area contributed by atoms with E-state index in [1.807, 2.05) is 6.92 Å². The third kappa shape index (κ3) is 3.62. The first-order valence-electron chi connectivity index (χ1n) is 6.26.